The Morgan fingerprint density at radius 1 is 0.875 bits per heavy atom. The van der Waals surface area contributed by atoms with Crippen LogP contribution in [0.1, 0.15) is 27.8 Å². The second-order valence-electron chi connectivity index (χ2n) is 8.17. The Hall–Kier alpha value is -3.73. The van der Waals surface area contributed by atoms with Gasteiger partial charge >= 0.3 is 0 Å². The molecule has 5 heteroatoms. The fourth-order valence-electron chi connectivity index (χ4n) is 4.13. The second-order valence-corrected chi connectivity index (χ2v) is 8.17. The van der Waals surface area contributed by atoms with E-state index < -0.39 is 17.6 Å². The Labute approximate surface area is 187 Å². The number of hydrogen-bond donors (Lipinski definition) is 0. The summed E-state index contributed by atoms with van der Waals surface area (Å²) in [7, 11) is 1.81. The predicted octanol–water partition coefficient (Wildman–Crippen LogP) is 4.85. The van der Waals surface area contributed by atoms with E-state index in [2.05, 4.69) is 0 Å². The minimum atomic E-state index is -0.438. The molecule has 3 aromatic carbocycles. The normalized spacial score (nSPS) is 13.8. The van der Waals surface area contributed by atoms with Crippen molar-refractivity contribution in [3.8, 4) is 0 Å². The number of rotatable bonds is 6. The molecule has 0 fully saturated rings. The fraction of sp³-hybridized carbons (Fsp3) is 0.185. The third-order valence-corrected chi connectivity index (χ3v) is 5.73. The van der Waals surface area contributed by atoms with E-state index in [9.17, 15) is 14.0 Å². The van der Waals surface area contributed by atoms with Crippen LogP contribution >= 0.6 is 0 Å². The third kappa shape index (κ3) is 4.06. The van der Waals surface area contributed by atoms with Gasteiger partial charge in [0, 0.05) is 19.2 Å². The van der Waals surface area contributed by atoms with Gasteiger partial charge in [-0.3, -0.25) is 14.5 Å². The lowest BCUT2D eigenvalue weighted by Gasteiger charge is -2.22. The number of amides is 2. The average molecular weight is 429 g/mol. The van der Waals surface area contributed by atoms with Crippen LogP contribution in [-0.4, -0.2) is 28.7 Å². The number of nitrogens with zero attached hydrogens (tertiary/aromatic N) is 2. The van der Waals surface area contributed by atoms with Crippen LogP contribution in [0.15, 0.2) is 78.5 Å². The van der Waals surface area contributed by atoms with Crippen molar-refractivity contribution in [3.63, 3.8) is 0 Å². The SMILES string of the molecule is Cc1ccc(C2=C(N(C)Cc3ccccc3)C(=O)N(Cc3ccccc3F)C2=O)c(C)c1. The second kappa shape index (κ2) is 8.79. The standard InChI is InChI=1S/C27H25FN2O2/c1-18-13-14-22(19(2)15-18)24-25(29(3)16-20-9-5-4-6-10-20)27(32)30(26(24)31)17-21-11-7-8-12-23(21)28/h4-15H,16-17H2,1-3H3. The highest BCUT2D eigenvalue weighted by Crippen LogP contribution is 2.34. The Balaban J connectivity index is 1.77. The molecule has 2 amide bonds. The zero-order chi connectivity index (χ0) is 22.8. The number of carbonyl (C=O) groups is 2. The van der Waals surface area contributed by atoms with Crippen LogP contribution < -0.4 is 0 Å². The van der Waals surface area contributed by atoms with Crippen LogP contribution in [0.25, 0.3) is 5.57 Å². The lowest BCUT2D eigenvalue weighted by molar-refractivity contribution is -0.138. The molecule has 1 aliphatic heterocycles. The maximum atomic E-state index is 14.3. The quantitative estimate of drug-likeness (QED) is 0.527. The summed E-state index contributed by atoms with van der Waals surface area (Å²) >= 11 is 0. The minimum absolute atomic E-state index is 0.110. The van der Waals surface area contributed by atoms with Crippen LogP contribution in [-0.2, 0) is 22.7 Å². The molecular weight excluding hydrogens is 403 g/mol. The van der Waals surface area contributed by atoms with Crippen LogP contribution in [0.2, 0.25) is 0 Å². The van der Waals surface area contributed by atoms with E-state index in [0.29, 0.717) is 23.4 Å². The molecule has 0 bridgehead atoms. The molecule has 4 nitrogen and oxygen atoms in total. The molecule has 0 saturated carbocycles. The van der Waals surface area contributed by atoms with Crippen molar-refractivity contribution in [2.24, 2.45) is 0 Å². The van der Waals surface area contributed by atoms with Gasteiger partial charge in [0.2, 0.25) is 0 Å². The van der Waals surface area contributed by atoms with Crippen LogP contribution in [0.3, 0.4) is 0 Å². The summed E-state index contributed by atoms with van der Waals surface area (Å²) < 4.78 is 14.3. The molecule has 1 heterocycles. The lowest BCUT2D eigenvalue weighted by Crippen LogP contribution is -2.34. The van der Waals surface area contributed by atoms with E-state index >= 15 is 0 Å². The summed E-state index contributed by atoms with van der Waals surface area (Å²) in [4.78, 5) is 30.0. The van der Waals surface area contributed by atoms with Crippen molar-refractivity contribution in [2.75, 3.05) is 7.05 Å². The molecule has 0 aliphatic carbocycles. The number of hydrogen-bond acceptors (Lipinski definition) is 3. The molecule has 162 valence electrons. The van der Waals surface area contributed by atoms with Gasteiger partial charge in [-0.15, -0.1) is 0 Å². The molecule has 32 heavy (non-hydrogen) atoms. The summed E-state index contributed by atoms with van der Waals surface area (Å²) in [6.45, 7) is 4.28. The van der Waals surface area contributed by atoms with Crippen molar-refractivity contribution in [3.05, 3.63) is 112 Å². The number of halogens is 1. The van der Waals surface area contributed by atoms with Crippen LogP contribution in [0, 0.1) is 19.7 Å². The molecule has 0 N–H and O–H groups in total. The predicted molar refractivity (Wildman–Crippen MR) is 123 cm³/mol. The molecule has 0 aromatic heterocycles. The van der Waals surface area contributed by atoms with Gasteiger partial charge in [0.05, 0.1) is 12.1 Å². The molecule has 4 rings (SSSR count). The molecular formula is C27H25FN2O2. The highest BCUT2D eigenvalue weighted by Gasteiger charge is 2.41. The molecule has 0 spiro atoms. The number of aryl methyl sites for hydroxylation is 2. The van der Waals surface area contributed by atoms with E-state index in [1.54, 1.807) is 18.2 Å². The first-order chi connectivity index (χ1) is 15.4. The van der Waals surface area contributed by atoms with Gasteiger partial charge in [-0.05, 0) is 36.6 Å². The lowest BCUT2D eigenvalue weighted by atomic mass is 9.97. The molecule has 0 unspecified atom stereocenters. The van der Waals surface area contributed by atoms with Crippen molar-refractivity contribution < 1.29 is 14.0 Å². The monoisotopic (exact) mass is 428 g/mol. The molecule has 0 radical (unpaired) electrons. The van der Waals surface area contributed by atoms with Gasteiger partial charge in [0.25, 0.3) is 11.8 Å². The van der Waals surface area contributed by atoms with Gasteiger partial charge in [-0.25, -0.2) is 4.39 Å². The van der Waals surface area contributed by atoms with Crippen LogP contribution in [0.4, 0.5) is 4.39 Å². The highest BCUT2D eigenvalue weighted by atomic mass is 19.1. The van der Waals surface area contributed by atoms with Gasteiger partial charge in [-0.2, -0.15) is 0 Å². The van der Waals surface area contributed by atoms with Crippen LogP contribution in [0.5, 0.6) is 0 Å². The van der Waals surface area contributed by atoms with Crippen molar-refractivity contribution in [2.45, 2.75) is 26.9 Å². The summed E-state index contributed by atoms with van der Waals surface area (Å²) in [5.74, 6) is -1.25. The van der Waals surface area contributed by atoms with Gasteiger partial charge in [-0.1, -0.05) is 72.3 Å². The topological polar surface area (TPSA) is 40.6 Å². The largest absolute Gasteiger partial charge is 0.365 e. The Morgan fingerprint density at radius 2 is 1.56 bits per heavy atom. The van der Waals surface area contributed by atoms with Crippen molar-refractivity contribution in [1.82, 2.24) is 9.80 Å². The Bertz CT molecular complexity index is 1220. The summed E-state index contributed by atoms with van der Waals surface area (Å²) in [6.07, 6.45) is 0. The minimum Gasteiger partial charge on any atom is -0.365 e. The maximum Gasteiger partial charge on any atom is 0.278 e. The zero-order valence-corrected chi connectivity index (χ0v) is 18.4. The number of carbonyl (C=O) groups excluding carboxylic acids is 2. The summed E-state index contributed by atoms with van der Waals surface area (Å²) in [5.41, 5.74) is 4.74. The number of benzene rings is 3. The Morgan fingerprint density at radius 3 is 2.25 bits per heavy atom. The van der Waals surface area contributed by atoms with E-state index in [4.69, 9.17) is 0 Å². The highest BCUT2D eigenvalue weighted by molar-refractivity contribution is 6.35. The third-order valence-electron chi connectivity index (χ3n) is 5.73. The van der Waals surface area contributed by atoms with E-state index in [1.165, 1.54) is 6.07 Å². The van der Waals surface area contributed by atoms with E-state index in [0.717, 1.165) is 27.2 Å². The molecule has 1 aliphatic rings. The number of likely N-dealkylation sites (N-methyl/N-ethyl adjacent to an activating group) is 1. The zero-order valence-electron chi connectivity index (χ0n) is 18.4. The van der Waals surface area contributed by atoms with Gasteiger partial charge in [0.1, 0.15) is 11.5 Å². The Kier molecular flexibility index (Phi) is 5.91. The average Bonchev–Trinajstić information content (AvgIpc) is 3.01. The molecule has 0 saturated heterocycles. The first kappa shape index (κ1) is 21.5. The van der Waals surface area contributed by atoms with Crippen molar-refractivity contribution in [1.29, 1.82) is 0 Å². The first-order valence-electron chi connectivity index (χ1n) is 10.5. The van der Waals surface area contributed by atoms with E-state index in [-0.39, 0.29) is 6.54 Å². The maximum absolute atomic E-state index is 14.3. The first-order valence-corrected chi connectivity index (χ1v) is 10.5. The summed E-state index contributed by atoms with van der Waals surface area (Å²) in [6, 6.07) is 21.8. The smallest absolute Gasteiger partial charge is 0.278 e. The molecule has 0 atom stereocenters. The van der Waals surface area contributed by atoms with Crippen molar-refractivity contribution >= 4 is 17.4 Å². The summed E-state index contributed by atoms with van der Waals surface area (Å²) in [5, 5.41) is 0. The fourth-order valence-corrected chi connectivity index (χ4v) is 4.13. The number of imide groups is 1. The van der Waals surface area contributed by atoms with E-state index in [1.807, 2.05) is 74.3 Å². The molecule has 3 aromatic rings. The van der Waals surface area contributed by atoms with Gasteiger partial charge < -0.3 is 4.90 Å². The van der Waals surface area contributed by atoms with Gasteiger partial charge in [0.15, 0.2) is 0 Å².